The van der Waals surface area contributed by atoms with Crippen LogP contribution in [0.4, 0.5) is 0 Å². The summed E-state index contributed by atoms with van der Waals surface area (Å²) in [5.41, 5.74) is 6.39. The molecular weight excluding hydrogens is 250 g/mol. The van der Waals surface area contributed by atoms with E-state index in [1.54, 1.807) is 7.11 Å². The summed E-state index contributed by atoms with van der Waals surface area (Å²) in [6.07, 6.45) is 6.98. The van der Waals surface area contributed by atoms with Crippen molar-refractivity contribution < 1.29 is 4.74 Å². The van der Waals surface area contributed by atoms with Crippen molar-refractivity contribution in [2.24, 2.45) is 23.6 Å². The van der Waals surface area contributed by atoms with Crippen LogP contribution in [0.3, 0.4) is 0 Å². The Hall–Kier alpha value is -1.13. The summed E-state index contributed by atoms with van der Waals surface area (Å²) < 4.78 is 5.49. The molecule has 0 amide bonds. The molecule has 110 valence electrons. The highest BCUT2D eigenvalue weighted by atomic mass is 16.5. The molecule has 3 unspecified atom stereocenters. The van der Waals surface area contributed by atoms with Crippen LogP contribution in [-0.2, 0) is 6.42 Å². The molecule has 3 N–H and O–H groups in total. The molecular formula is C16H25N3O. The van der Waals surface area contributed by atoms with Crippen LogP contribution in [0.15, 0.2) is 6.20 Å². The minimum absolute atomic E-state index is 0.351. The van der Waals surface area contributed by atoms with Gasteiger partial charge in [-0.15, -0.1) is 0 Å². The highest BCUT2D eigenvalue weighted by Crippen LogP contribution is 2.59. The van der Waals surface area contributed by atoms with Gasteiger partial charge in [0, 0.05) is 35.5 Å². The standard InChI is InChI=1S/C16H25N3O/c1-9-8-18-13(10(2)16(9)20-3)7-14(19-17)15-11-5-4-6-12(11)15/h8,11-12,14-15,19H,4-7,17H2,1-3H3. The molecule has 2 saturated carbocycles. The topological polar surface area (TPSA) is 60.2 Å². The fourth-order valence-electron chi connectivity index (χ4n) is 4.27. The summed E-state index contributed by atoms with van der Waals surface area (Å²) in [5.74, 6) is 9.33. The third-order valence-electron chi connectivity index (χ3n) is 5.31. The molecule has 0 spiro atoms. The van der Waals surface area contributed by atoms with E-state index in [2.05, 4.69) is 17.3 Å². The van der Waals surface area contributed by atoms with Crippen molar-refractivity contribution in [2.75, 3.05) is 7.11 Å². The van der Waals surface area contributed by atoms with Gasteiger partial charge in [-0.3, -0.25) is 16.3 Å². The Morgan fingerprint density at radius 1 is 1.40 bits per heavy atom. The van der Waals surface area contributed by atoms with Crippen molar-refractivity contribution in [3.63, 3.8) is 0 Å². The number of nitrogens with two attached hydrogens (primary N) is 1. The largest absolute Gasteiger partial charge is 0.496 e. The molecule has 3 atom stereocenters. The number of nitrogens with one attached hydrogen (secondary N) is 1. The Balaban J connectivity index is 1.76. The molecule has 0 radical (unpaired) electrons. The quantitative estimate of drug-likeness (QED) is 0.638. The Kier molecular flexibility index (Phi) is 3.69. The van der Waals surface area contributed by atoms with Gasteiger partial charge in [0.05, 0.1) is 7.11 Å². The van der Waals surface area contributed by atoms with Gasteiger partial charge in [-0.2, -0.15) is 0 Å². The molecule has 3 rings (SSSR count). The van der Waals surface area contributed by atoms with E-state index < -0.39 is 0 Å². The lowest BCUT2D eigenvalue weighted by molar-refractivity contribution is 0.396. The van der Waals surface area contributed by atoms with Crippen molar-refractivity contribution in [3.05, 3.63) is 23.0 Å². The van der Waals surface area contributed by atoms with Gasteiger partial charge < -0.3 is 4.74 Å². The van der Waals surface area contributed by atoms with E-state index in [-0.39, 0.29) is 0 Å². The minimum Gasteiger partial charge on any atom is -0.496 e. The second kappa shape index (κ2) is 5.34. The molecule has 1 heterocycles. The lowest BCUT2D eigenvalue weighted by Crippen LogP contribution is -2.40. The molecule has 2 fully saturated rings. The van der Waals surface area contributed by atoms with Crippen LogP contribution >= 0.6 is 0 Å². The first-order valence-electron chi connectivity index (χ1n) is 7.62. The van der Waals surface area contributed by atoms with Gasteiger partial charge in [0.15, 0.2) is 0 Å². The average Bonchev–Trinajstić information content (AvgIpc) is 2.91. The molecule has 0 aromatic carbocycles. The molecule has 1 aromatic heterocycles. The number of hydrogen-bond acceptors (Lipinski definition) is 4. The number of fused-ring (bicyclic) bond motifs is 1. The van der Waals surface area contributed by atoms with Gasteiger partial charge in [0.2, 0.25) is 0 Å². The number of nitrogens with zero attached hydrogens (tertiary/aromatic N) is 1. The van der Waals surface area contributed by atoms with E-state index in [0.29, 0.717) is 6.04 Å². The van der Waals surface area contributed by atoms with E-state index in [1.165, 1.54) is 19.3 Å². The first kappa shape index (κ1) is 13.8. The molecule has 0 aliphatic heterocycles. The summed E-state index contributed by atoms with van der Waals surface area (Å²) in [6.45, 7) is 4.13. The number of rotatable bonds is 5. The average molecular weight is 275 g/mol. The SMILES string of the molecule is COc1c(C)cnc(CC(NN)C2C3CCCC32)c1C. The van der Waals surface area contributed by atoms with Gasteiger partial charge in [0.1, 0.15) is 5.75 Å². The molecule has 1 aromatic rings. The van der Waals surface area contributed by atoms with Crippen LogP contribution < -0.4 is 16.0 Å². The highest BCUT2D eigenvalue weighted by Gasteiger charge is 2.55. The smallest absolute Gasteiger partial charge is 0.128 e. The van der Waals surface area contributed by atoms with Crippen LogP contribution in [0.25, 0.3) is 0 Å². The number of methoxy groups -OCH3 is 1. The van der Waals surface area contributed by atoms with Gasteiger partial charge in [0.25, 0.3) is 0 Å². The highest BCUT2D eigenvalue weighted by molar-refractivity contribution is 5.41. The maximum Gasteiger partial charge on any atom is 0.128 e. The van der Waals surface area contributed by atoms with Gasteiger partial charge >= 0.3 is 0 Å². The summed E-state index contributed by atoms with van der Waals surface area (Å²) in [5, 5.41) is 0. The summed E-state index contributed by atoms with van der Waals surface area (Å²) in [7, 11) is 1.73. The van der Waals surface area contributed by atoms with Crippen LogP contribution in [-0.4, -0.2) is 18.1 Å². The second-order valence-corrected chi connectivity index (χ2v) is 6.36. The van der Waals surface area contributed by atoms with E-state index in [9.17, 15) is 0 Å². The molecule has 4 nitrogen and oxygen atoms in total. The van der Waals surface area contributed by atoms with Crippen LogP contribution in [0, 0.1) is 31.6 Å². The zero-order valence-corrected chi connectivity index (χ0v) is 12.6. The number of aromatic nitrogens is 1. The summed E-state index contributed by atoms with van der Waals surface area (Å²) in [4.78, 5) is 4.60. The van der Waals surface area contributed by atoms with Crippen molar-refractivity contribution in [3.8, 4) is 5.75 Å². The van der Waals surface area contributed by atoms with E-state index >= 15 is 0 Å². The van der Waals surface area contributed by atoms with E-state index in [4.69, 9.17) is 10.6 Å². The molecule has 0 bridgehead atoms. The summed E-state index contributed by atoms with van der Waals surface area (Å²) in [6, 6.07) is 0.351. The Morgan fingerprint density at radius 2 is 2.10 bits per heavy atom. The Morgan fingerprint density at radius 3 is 2.70 bits per heavy atom. The number of pyridine rings is 1. The lowest BCUT2D eigenvalue weighted by Gasteiger charge is -2.20. The number of hydrogen-bond donors (Lipinski definition) is 2. The molecule has 20 heavy (non-hydrogen) atoms. The Labute approximate surface area is 121 Å². The summed E-state index contributed by atoms with van der Waals surface area (Å²) >= 11 is 0. The normalized spacial score (nSPS) is 29.1. The third kappa shape index (κ3) is 2.21. The molecule has 0 saturated heterocycles. The predicted molar refractivity (Wildman–Crippen MR) is 79.4 cm³/mol. The minimum atomic E-state index is 0.351. The van der Waals surface area contributed by atoms with Gasteiger partial charge in [-0.25, -0.2) is 0 Å². The van der Waals surface area contributed by atoms with E-state index in [0.717, 1.165) is 46.7 Å². The van der Waals surface area contributed by atoms with Gasteiger partial charge in [-0.05, 0) is 44.4 Å². The monoisotopic (exact) mass is 275 g/mol. The van der Waals surface area contributed by atoms with Crippen molar-refractivity contribution in [1.29, 1.82) is 0 Å². The zero-order valence-electron chi connectivity index (χ0n) is 12.6. The Bertz CT molecular complexity index is 493. The van der Waals surface area contributed by atoms with Crippen LogP contribution in [0.2, 0.25) is 0 Å². The van der Waals surface area contributed by atoms with Crippen LogP contribution in [0.1, 0.15) is 36.1 Å². The van der Waals surface area contributed by atoms with Gasteiger partial charge in [-0.1, -0.05) is 6.42 Å². The van der Waals surface area contributed by atoms with Crippen LogP contribution in [0.5, 0.6) is 5.75 Å². The maximum absolute atomic E-state index is 5.81. The fourth-order valence-corrected chi connectivity index (χ4v) is 4.27. The van der Waals surface area contributed by atoms with Crippen molar-refractivity contribution >= 4 is 0 Å². The molecule has 4 heteroatoms. The third-order valence-corrected chi connectivity index (χ3v) is 5.31. The maximum atomic E-state index is 5.81. The lowest BCUT2D eigenvalue weighted by atomic mass is 9.97. The second-order valence-electron chi connectivity index (χ2n) is 6.36. The van der Waals surface area contributed by atoms with E-state index in [1.807, 2.05) is 13.1 Å². The number of ether oxygens (including phenoxy) is 1. The fraction of sp³-hybridized carbons (Fsp3) is 0.688. The number of hydrazine groups is 1. The molecule has 2 aliphatic rings. The zero-order chi connectivity index (χ0) is 14.3. The number of aryl methyl sites for hydroxylation is 1. The first-order chi connectivity index (χ1) is 9.67. The van der Waals surface area contributed by atoms with Crippen molar-refractivity contribution in [2.45, 2.75) is 45.6 Å². The predicted octanol–water partition coefficient (Wildman–Crippen LogP) is 2.13. The molecule has 2 aliphatic carbocycles. The van der Waals surface area contributed by atoms with Crippen molar-refractivity contribution in [1.82, 2.24) is 10.4 Å². The first-order valence-corrected chi connectivity index (χ1v) is 7.62.